The summed E-state index contributed by atoms with van der Waals surface area (Å²) in [6.45, 7) is 5.04. The Balaban J connectivity index is 1.10. The van der Waals surface area contributed by atoms with Crippen molar-refractivity contribution in [2.45, 2.75) is 167 Å². The van der Waals surface area contributed by atoms with Gasteiger partial charge in [-0.05, 0) is 162 Å². The van der Waals surface area contributed by atoms with Crippen molar-refractivity contribution in [1.82, 2.24) is 4.90 Å². The lowest BCUT2D eigenvalue weighted by molar-refractivity contribution is -0.124. The smallest absolute Gasteiger partial charge is 0.0132 e. The summed E-state index contributed by atoms with van der Waals surface area (Å²) in [5, 5.41) is 0. The first-order valence-corrected chi connectivity index (χ1v) is 17.9. The molecule has 7 aliphatic rings. The number of hydrogen-bond donors (Lipinski definition) is 0. The summed E-state index contributed by atoms with van der Waals surface area (Å²) >= 11 is 0. The van der Waals surface area contributed by atoms with Crippen molar-refractivity contribution < 1.29 is 0 Å². The molecule has 7 atom stereocenters. The molecule has 0 spiro atoms. The molecule has 0 N–H and O–H groups in total. The van der Waals surface area contributed by atoms with E-state index >= 15 is 0 Å². The quantitative estimate of drug-likeness (QED) is 0.366. The van der Waals surface area contributed by atoms with E-state index in [0.717, 1.165) is 77.3 Å². The van der Waals surface area contributed by atoms with E-state index in [1.807, 2.05) is 0 Å². The average Bonchev–Trinajstić information content (AvgIpc) is 2.94. The molecule has 1 heteroatoms. The molecule has 0 amide bonds. The molecule has 0 aliphatic heterocycles. The van der Waals surface area contributed by atoms with Crippen LogP contribution in [0.15, 0.2) is 0 Å². The van der Waals surface area contributed by atoms with Gasteiger partial charge in [0.15, 0.2) is 0 Å². The fraction of sp³-hybridized carbons (Fsp3) is 1.00. The second-order valence-corrected chi connectivity index (χ2v) is 16.3. The van der Waals surface area contributed by atoms with Gasteiger partial charge in [0.2, 0.25) is 0 Å². The second-order valence-electron chi connectivity index (χ2n) is 16.3. The first-order valence-electron chi connectivity index (χ1n) is 17.9. The molecular formula is C36H61N. The Morgan fingerprint density at radius 1 is 0.378 bits per heavy atom. The van der Waals surface area contributed by atoms with E-state index in [9.17, 15) is 0 Å². The largest absolute Gasteiger partial charge is 0.294 e. The zero-order valence-corrected chi connectivity index (χ0v) is 24.8. The number of nitrogens with zero attached hydrogens (tertiary/aromatic N) is 1. The first-order chi connectivity index (χ1) is 18.2. The van der Waals surface area contributed by atoms with E-state index < -0.39 is 0 Å². The van der Waals surface area contributed by atoms with Crippen LogP contribution in [0.3, 0.4) is 0 Å². The molecule has 7 fully saturated rings. The van der Waals surface area contributed by atoms with Crippen molar-refractivity contribution in [2.24, 2.45) is 59.2 Å². The van der Waals surface area contributed by atoms with Crippen LogP contribution in [0, 0.1) is 59.2 Å². The van der Waals surface area contributed by atoms with E-state index in [0.29, 0.717) is 0 Å². The molecule has 0 heterocycles. The Morgan fingerprint density at radius 3 is 1.43 bits per heavy atom. The van der Waals surface area contributed by atoms with E-state index in [1.165, 1.54) is 38.5 Å². The fourth-order valence-corrected chi connectivity index (χ4v) is 12.6. The Morgan fingerprint density at radius 2 is 0.811 bits per heavy atom. The van der Waals surface area contributed by atoms with Gasteiger partial charge in [-0.2, -0.15) is 0 Å². The maximum atomic E-state index is 3.36. The molecule has 0 saturated heterocycles. The molecule has 7 aliphatic carbocycles. The van der Waals surface area contributed by atoms with Gasteiger partial charge in [0.25, 0.3) is 0 Å². The van der Waals surface area contributed by atoms with E-state index in [2.05, 4.69) is 18.7 Å². The minimum Gasteiger partial charge on any atom is -0.294 e. The van der Waals surface area contributed by atoms with Crippen molar-refractivity contribution in [2.75, 3.05) is 0 Å². The highest BCUT2D eigenvalue weighted by molar-refractivity contribution is 5.06. The topological polar surface area (TPSA) is 3.24 Å². The molecule has 210 valence electrons. The zero-order valence-electron chi connectivity index (χ0n) is 24.8. The lowest BCUT2D eigenvalue weighted by Crippen LogP contribution is -2.61. The van der Waals surface area contributed by atoms with Crippen molar-refractivity contribution in [3.63, 3.8) is 0 Å². The highest BCUT2D eigenvalue weighted by atomic mass is 15.2. The van der Waals surface area contributed by atoms with Gasteiger partial charge in [-0.3, -0.25) is 4.90 Å². The average molecular weight is 508 g/mol. The van der Waals surface area contributed by atoms with E-state index in [4.69, 9.17) is 0 Å². The summed E-state index contributed by atoms with van der Waals surface area (Å²) in [6.07, 6.45) is 32.8. The standard InChI is InChI=1S/C36H61N/c1-24-6-10-26(11-7-24)27-14-20-32(21-15-27)37(31-18-8-25(2)9-19-31)34-23-17-30-13-12-28-4-3-5-29-16-22-33(34)36(30)35(28)29/h24-36H,3-23H2,1-2H3. The van der Waals surface area contributed by atoms with Crippen LogP contribution in [-0.2, 0) is 0 Å². The maximum Gasteiger partial charge on any atom is 0.0132 e. The molecule has 7 saturated carbocycles. The van der Waals surface area contributed by atoms with Crippen molar-refractivity contribution in [3.05, 3.63) is 0 Å². The van der Waals surface area contributed by atoms with Crippen LogP contribution < -0.4 is 0 Å². The van der Waals surface area contributed by atoms with Gasteiger partial charge in [-0.1, -0.05) is 46.0 Å². The highest BCUT2D eigenvalue weighted by Crippen LogP contribution is 2.61. The molecule has 0 radical (unpaired) electrons. The minimum atomic E-state index is 0.929. The minimum absolute atomic E-state index is 0.929. The van der Waals surface area contributed by atoms with Crippen LogP contribution >= 0.6 is 0 Å². The molecule has 7 rings (SSSR count). The Labute approximate surface area is 230 Å². The van der Waals surface area contributed by atoms with Gasteiger partial charge in [0.1, 0.15) is 0 Å². The third-order valence-electron chi connectivity index (χ3n) is 14.5. The molecule has 0 aromatic carbocycles. The summed E-state index contributed by atoms with van der Waals surface area (Å²) < 4.78 is 0. The van der Waals surface area contributed by atoms with Crippen molar-refractivity contribution in [1.29, 1.82) is 0 Å². The Bertz CT molecular complexity index is 730. The molecular weight excluding hydrogens is 446 g/mol. The van der Waals surface area contributed by atoms with Crippen LogP contribution in [-0.4, -0.2) is 23.0 Å². The van der Waals surface area contributed by atoms with Gasteiger partial charge >= 0.3 is 0 Å². The summed E-state index contributed by atoms with van der Waals surface area (Å²) in [6, 6.07) is 2.82. The van der Waals surface area contributed by atoms with Gasteiger partial charge in [-0.25, -0.2) is 0 Å². The normalized spacial score (nSPS) is 52.5. The molecule has 0 bridgehead atoms. The zero-order chi connectivity index (χ0) is 24.9. The summed E-state index contributed by atoms with van der Waals surface area (Å²) in [5.74, 6) is 10.8. The molecule has 37 heavy (non-hydrogen) atoms. The fourth-order valence-electron chi connectivity index (χ4n) is 12.6. The van der Waals surface area contributed by atoms with Crippen molar-refractivity contribution >= 4 is 0 Å². The number of hydrogen-bond acceptors (Lipinski definition) is 1. The predicted octanol–water partition coefficient (Wildman–Crippen LogP) is 9.88. The third-order valence-corrected chi connectivity index (χ3v) is 14.5. The van der Waals surface area contributed by atoms with Gasteiger partial charge in [-0.15, -0.1) is 0 Å². The van der Waals surface area contributed by atoms with Crippen LogP contribution in [0.4, 0.5) is 0 Å². The molecule has 0 aromatic heterocycles. The van der Waals surface area contributed by atoms with Crippen LogP contribution in [0.2, 0.25) is 0 Å². The lowest BCUT2D eigenvalue weighted by atomic mass is 9.47. The Hall–Kier alpha value is -0.0400. The molecule has 1 nitrogen and oxygen atoms in total. The van der Waals surface area contributed by atoms with Crippen LogP contribution in [0.25, 0.3) is 0 Å². The lowest BCUT2D eigenvalue weighted by Gasteiger charge is -2.62. The van der Waals surface area contributed by atoms with Gasteiger partial charge in [0.05, 0.1) is 0 Å². The summed E-state index contributed by atoms with van der Waals surface area (Å²) in [4.78, 5) is 3.36. The Kier molecular flexibility index (Phi) is 7.76. The predicted molar refractivity (Wildman–Crippen MR) is 156 cm³/mol. The van der Waals surface area contributed by atoms with E-state index in [-0.39, 0.29) is 0 Å². The van der Waals surface area contributed by atoms with E-state index in [1.54, 1.807) is 96.3 Å². The summed E-state index contributed by atoms with van der Waals surface area (Å²) in [5.41, 5.74) is 0. The molecule has 7 unspecified atom stereocenters. The van der Waals surface area contributed by atoms with Crippen LogP contribution in [0.1, 0.15) is 149 Å². The highest BCUT2D eigenvalue weighted by Gasteiger charge is 2.55. The van der Waals surface area contributed by atoms with Gasteiger partial charge in [0, 0.05) is 18.1 Å². The van der Waals surface area contributed by atoms with Gasteiger partial charge < -0.3 is 0 Å². The first kappa shape index (κ1) is 25.9. The van der Waals surface area contributed by atoms with Crippen LogP contribution in [0.5, 0.6) is 0 Å². The number of rotatable bonds is 4. The molecule has 0 aromatic rings. The monoisotopic (exact) mass is 507 g/mol. The SMILES string of the molecule is CC1CCC(C2CCC(N(C3CCC(C)CC3)C3CCC4CCC5CCCC6CCC3C4C56)CC2)CC1. The second kappa shape index (κ2) is 11.1. The van der Waals surface area contributed by atoms with Crippen molar-refractivity contribution in [3.8, 4) is 0 Å². The maximum absolute atomic E-state index is 3.36. The summed E-state index contributed by atoms with van der Waals surface area (Å²) in [7, 11) is 0. The third kappa shape index (κ3) is 5.01.